The first-order valence-electron chi connectivity index (χ1n) is 10.5. The standard InChI is InChI=1S/C20H39N5O/c1-16(2)6-4-7-17(3)23-20(21)22-10-11-24-12-14-25(15-13-24)19(26)18-8-5-9-18/h16-18H,4-15H2,1-3H3,(H3,21,22,23). The molecule has 0 radical (unpaired) electrons. The average Bonchev–Trinajstić information content (AvgIpc) is 2.53. The molecule has 1 atom stereocenters. The Morgan fingerprint density at radius 1 is 1.15 bits per heavy atom. The van der Waals surface area contributed by atoms with Gasteiger partial charge in [0.05, 0.1) is 6.54 Å². The predicted octanol–water partition coefficient (Wildman–Crippen LogP) is 2.05. The fourth-order valence-corrected chi connectivity index (χ4v) is 3.62. The Kier molecular flexibility index (Phi) is 8.69. The molecule has 6 nitrogen and oxygen atoms in total. The molecule has 0 aromatic carbocycles. The molecule has 6 heteroatoms. The third kappa shape index (κ3) is 7.14. The number of nitrogens with one attached hydrogen (secondary N) is 1. The summed E-state index contributed by atoms with van der Waals surface area (Å²) in [5.74, 6) is 2.02. The molecule has 1 aliphatic heterocycles. The summed E-state index contributed by atoms with van der Waals surface area (Å²) in [6, 6.07) is 0.374. The van der Waals surface area contributed by atoms with E-state index >= 15 is 0 Å². The molecule has 0 aromatic rings. The van der Waals surface area contributed by atoms with Crippen molar-refractivity contribution in [2.45, 2.75) is 65.3 Å². The Morgan fingerprint density at radius 3 is 2.42 bits per heavy atom. The van der Waals surface area contributed by atoms with E-state index in [1.54, 1.807) is 0 Å². The molecule has 0 bridgehead atoms. The number of guanidine groups is 1. The molecule has 1 unspecified atom stereocenters. The zero-order chi connectivity index (χ0) is 18.9. The number of aliphatic imine (C=N–C) groups is 1. The predicted molar refractivity (Wildman–Crippen MR) is 108 cm³/mol. The number of carbonyl (C=O) groups is 1. The van der Waals surface area contributed by atoms with Gasteiger partial charge in [0.15, 0.2) is 5.96 Å². The smallest absolute Gasteiger partial charge is 0.225 e. The Bertz CT molecular complexity index is 453. The average molecular weight is 366 g/mol. The Balaban J connectivity index is 1.57. The molecule has 1 aliphatic carbocycles. The summed E-state index contributed by atoms with van der Waals surface area (Å²) in [4.78, 5) is 21.2. The monoisotopic (exact) mass is 365 g/mol. The van der Waals surface area contributed by atoms with Crippen LogP contribution in [0.4, 0.5) is 0 Å². The van der Waals surface area contributed by atoms with Crippen molar-refractivity contribution in [1.82, 2.24) is 15.1 Å². The summed E-state index contributed by atoms with van der Waals surface area (Å²) >= 11 is 0. The van der Waals surface area contributed by atoms with E-state index in [1.165, 1.54) is 19.3 Å². The fraction of sp³-hybridized carbons (Fsp3) is 0.900. The maximum atomic E-state index is 12.3. The first-order chi connectivity index (χ1) is 12.5. The number of amides is 1. The second-order valence-corrected chi connectivity index (χ2v) is 8.43. The van der Waals surface area contributed by atoms with Crippen LogP contribution in [0.25, 0.3) is 0 Å². The van der Waals surface area contributed by atoms with E-state index in [9.17, 15) is 4.79 Å². The van der Waals surface area contributed by atoms with Crippen molar-refractivity contribution in [1.29, 1.82) is 0 Å². The van der Waals surface area contributed by atoms with Crippen LogP contribution in [0.5, 0.6) is 0 Å². The first kappa shape index (κ1) is 21.0. The van der Waals surface area contributed by atoms with Gasteiger partial charge in [-0.25, -0.2) is 0 Å². The van der Waals surface area contributed by atoms with Crippen molar-refractivity contribution in [3.63, 3.8) is 0 Å². The van der Waals surface area contributed by atoms with Gasteiger partial charge in [-0.1, -0.05) is 33.1 Å². The fourth-order valence-electron chi connectivity index (χ4n) is 3.62. The summed E-state index contributed by atoms with van der Waals surface area (Å²) in [5, 5.41) is 3.29. The third-order valence-corrected chi connectivity index (χ3v) is 5.65. The van der Waals surface area contributed by atoms with Gasteiger partial charge in [-0.15, -0.1) is 0 Å². The number of piperazine rings is 1. The minimum atomic E-state index is 0.319. The quantitative estimate of drug-likeness (QED) is 0.484. The van der Waals surface area contributed by atoms with Crippen LogP contribution in [0.1, 0.15) is 59.3 Å². The summed E-state index contributed by atoms with van der Waals surface area (Å²) in [6.07, 6.45) is 7.03. The lowest BCUT2D eigenvalue weighted by atomic mass is 9.84. The molecule has 1 saturated heterocycles. The van der Waals surface area contributed by atoms with Gasteiger partial charge < -0.3 is 16.0 Å². The second-order valence-electron chi connectivity index (χ2n) is 8.43. The van der Waals surface area contributed by atoms with Crippen molar-refractivity contribution in [2.24, 2.45) is 22.6 Å². The molecule has 3 N–H and O–H groups in total. The normalized spacial score (nSPS) is 20.9. The van der Waals surface area contributed by atoms with Crippen LogP contribution in [0.3, 0.4) is 0 Å². The lowest BCUT2D eigenvalue weighted by molar-refractivity contribution is -0.139. The lowest BCUT2D eigenvalue weighted by Crippen LogP contribution is -2.51. The maximum Gasteiger partial charge on any atom is 0.225 e. The van der Waals surface area contributed by atoms with Crippen molar-refractivity contribution < 1.29 is 4.79 Å². The van der Waals surface area contributed by atoms with Gasteiger partial charge in [0, 0.05) is 44.7 Å². The Labute approximate surface area is 159 Å². The van der Waals surface area contributed by atoms with E-state index < -0.39 is 0 Å². The van der Waals surface area contributed by atoms with E-state index in [0.29, 0.717) is 30.4 Å². The molecular weight excluding hydrogens is 326 g/mol. The minimum absolute atomic E-state index is 0.319. The van der Waals surface area contributed by atoms with Crippen LogP contribution in [-0.4, -0.2) is 67.0 Å². The van der Waals surface area contributed by atoms with Crippen LogP contribution >= 0.6 is 0 Å². The SMILES string of the molecule is CC(C)CCCC(C)NC(N)=NCCN1CCN(C(=O)C2CCC2)CC1. The zero-order valence-electron chi connectivity index (χ0n) is 17.0. The van der Waals surface area contributed by atoms with Crippen molar-refractivity contribution in [2.75, 3.05) is 39.3 Å². The number of carbonyl (C=O) groups excluding carboxylic acids is 1. The van der Waals surface area contributed by atoms with E-state index in [2.05, 4.69) is 40.9 Å². The summed E-state index contributed by atoms with van der Waals surface area (Å²) in [7, 11) is 0. The van der Waals surface area contributed by atoms with E-state index in [4.69, 9.17) is 5.73 Å². The largest absolute Gasteiger partial charge is 0.370 e. The molecule has 2 rings (SSSR count). The van der Waals surface area contributed by atoms with Gasteiger partial charge in [-0.2, -0.15) is 0 Å². The van der Waals surface area contributed by atoms with Crippen LogP contribution in [-0.2, 0) is 4.79 Å². The molecule has 0 aromatic heterocycles. The molecule has 150 valence electrons. The number of nitrogens with zero attached hydrogens (tertiary/aromatic N) is 3. The highest BCUT2D eigenvalue weighted by molar-refractivity contribution is 5.79. The van der Waals surface area contributed by atoms with Crippen LogP contribution in [0.2, 0.25) is 0 Å². The third-order valence-electron chi connectivity index (χ3n) is 5.65. The lowest BCUT2D eigenvalue weighted by Gasteiger charge is -2.38. The maximum absolute atomic E-state index is 12.3. The number of nitrogens with two attached hydrogens (primary N) is 1. The van der Waals surface area contributed by atoms with Crippen LogP contribution in [0, 0.1) is 11.8 Å². The highest BCUT2D eigenvalue weighted by Crippen LogP contribution is 2.28. The summed E-state index contributed by atoms with van der Waals surface area (Å²) < 4.78 is 0. The molecule has 2 fully saturated rings. The number of hydrogen-bond acceptors (Lipinski definition) is 3. The van der Waals surface area contributed by atoms with Gasteiger partial charge in [-0.3, -0.25) is 14.7 Å². The Morgan fingerprint density at radius 2 is 1.85 bits per heavy atom. The molecule has 2 aliphatic rings. The highest BCUT2D eigenvalue weighted by atomic mass is 16.2. The summed E-state index contributed by atoms with van der Waals surface area (Å²) in [6.45, 7) is 11.9. The van der Waals surface area contributed by atoms with Gasteiger partial charge in [-0.05, 0) is 32.1 Å². The Hall–Kier alpha value is -1.30. The van der Waals surface area contributed by atoms with E-state index in [1.807, 2.05) is 0 Å². The van der Waals surface area contributed by atoms with Gasteiger partial charge in [0.25, 0.3) is 0 Å². The van der Waals surface area contributed by atoms with Gasteiger partial charge in [0.1, 0.15) is 0 Å². The topological polar surface area (TPSA) is 74.0 Å². The van der Waals surface area contributed by atoms with E-state index in [-0.39, 0.29) is 0 Å². The zero-order valence-corrected chi connectivity index (χ0v) is 17.0. The molecule has 0 spiro atoms. The van der Waals surface area contributed by atoms with Crippen LogP contribution in [0.15, 0.2) is 4.99 Å². The van der Waals surface area contributed by atoms with E-state index in [0.717, 1.165) is 57.9 Å². The number of rotatable bonds is 9. The molecule has 1 heterocycles. The van der Waals surface area contributed by atoms with Gasteiger partial charge >= 0.3 is 0 Å². The van der Waals surface area contributed by atoms with Crippen molar-refractivity contribution >= 4 is 11.9 Å². The minimum Gasteiger partial charge on any atom is -0.370 e. The summed E-state index contributed by atoms with van der Waals surface area (Å²) in [5.41, 5.74) is 6.01. The highest BCUT2D eigenvalue weighted by Gasteiger charge is 2.30. The number of hydrogen-bond donors (Lipinski definition) is 2. The van der Waals surface area contributed by atoms with Crippen LogP contribution < -0.4 is 11.1 Å². The van der Waals surface area contributed by atoms with Crippen molar-refractivity contribution in [3.05, 3.63) is 0 Å². The molecular formula is C20H39N5O. The molecule has 1 amide bonds. The van der Waals surface area contributed by atoms with Crippen molar-refractivity contribution in [3.8, 4) is 0 Å². The molecule has 26 heavy (non-hydrogen) atoms. The van der Waals surface area contributed by atoms with Gasteiger partial charge in [0.2, 0.25) is 5.91 Å². The first-order valence-corrected chi connectivity index (χ1v) is 10.5. The second kappa shape index (κ2) is 10.8. The molecule has 1 saturated carbocycles.